The largest absolute Gasteiger partial charge is 0.496 e. The molecule has 0 aliphatic heterocycles. The lowest BCUT2D eigenvalue weighted by molar-refractivity contribution is -0.118. The molecule has 0 atom stereocenters. The van der Waals surface area contributed by atoms with Crippen molar-refractivity contribution in [2.75, 3.05) is 19.4 Å². The highest BCUT2D eigenvalue weighted by Crippen LogP contribution is 2.19. The fourth-order valence-corrected chi connectivity index (χ4v) is 2.89. The van der Waals surface area contributed by atoms with E-state index in [9.17, 15) is 4.79 Å². The smallest absolute Gasteiger partial charge is 0.230 e. The lowest BCUT2D eigenvalue weighted by Crippen LogP contribution is -2.27. The average molecular weight is 345 g/mol. The van der Waals surface area contributed by atoms with Gasteiger partial charge in [-0.15, -0.1) is 0 Å². The van der Waals surface area contributed by atoms with Gasteiger partial charge in [-0.2, -0.15) is 0 Å². The third-order valence-corrected chi connectivity index (χ3v) is 4.44. The normalized spacial score (nSPS) is 10.7. The minimum atomic E-state index is -0.000364. The fraction of sp³-hybridized carbons (Fsp3) is 0.389. The van der Waals surface area contributed by atoms with Gasteiger partial charge >= 0.3 is 0 Å². The topological polar surface area (TPSA) is 64.1 Å². The predicted octanol–water partition coefficient (Wildman–Crippen LogP) is 3.06. The van der Waals surface area contributed by atoms with Crippen LogP contribution in [0.5, 0.6) is 5.75 Å². The maximum atomic E-state index is 12.0. The van der Waals surface area contributed by atoms with Gasteiger partial charge in [0, 0.05) is 12.2 Å². The highest BCUT2D eigenvalue weighted by atomic mass is 32.2. The molecule has 0 fully saturated rings. The molecule has 24 heavy (non-hydrogen) atoms. The molecule has 0 radical (unpaired) electrons. The van der Waals surface area contributed by atoms with Crippen LogP contribution in [0.3, 0.4) is 0 Å². The number of ether oxygens (including phenoxy) is 1. The van der Waals surface area contributed by atoms with Gasteiger partial charge in [0.2, 0.25) is 5.91 Å². The Bertz CT molecular complexity index is 677. The van der Waals surface area contributed by atoms with E-state index >= 15 is 0 Å². The van der Waals surface area contributed by atoms with Gasteiger partial charge in [-0.05, 0) is 30.0 Å². The minimum absolute atomic E-state index is 0.000364. The van der Waals surface area contributed by atoms with E-state index < -0.39 is 0 Å². The zero-order valence-corrected chi connectivity index (χ0v) is 15.1. The first-order valence-electron chi connectivity index (χ1n) is 7.93. The molecule has 0 aliphatic rings. The number of amides is 1. The van der Waals surface area contributed by atoms with Gasteiger partial charge in [-0.3, -0.25) is 4.79 Å². The summed E-state index contributed by atoms with van der Waals surface area (Å²) >= 11 is 1.43. The summed E-state index contributed by atoms with van der Waals surface area (Å²) in [7, 11) is 1.65. The van der Waals surface area contributed by atoms with Crippen molar-refractivity contribution >= 4 is 17.7 Å². The first-order valence-corrected chi connectivity index (χ1v) is 8.92. The van der Waals surface area contributed by atoms with Crippen LogP contribution in [0.1, 0.15) is 31.0 Å². The summed E-state index contributed by atoms with van der Waals surface area (Å²) in [6.45, 7) is 4.75. The number of hydrogen-bond acceptors (Lipinski definition) is 5. The maximum absolute atomic E-state index is 12.0. The number of nitrogens with zero attached hydrogens (tertiary/aromatic N) is 2. The second-order valence-electron chi connectivity index (χ2n) is 5.64. The lowest BCUT2D eigenvalue weighted by Gasteiger charge is -2.09. The van der Waals surface area contributed by atoms with E-state index in [1.807, 2.05) is 30.3 Å². The van der Waals surface area contributed by atoms with Crippen LogP contribution in [0.15, 0.2) is 41.7 Å². The van der Waals surface area contributed by atoms with Crippen molar-refractivity contribution in [2.24, 2.45) is 0 Å². The molecule has 1 heterocycles. The Morgan fingerprint density at radius 1 is 1.29 bits per heavy atom. The predicted molar refractivity (Wildman–Crippen MR) is 96.6 cm³/mol. The molecule has 1 aromatic heterocycles. The molecule has 6 heteroatoms. The number of hydrogen-bond donors (Lipinski definition) is 1. The molecule has 0 spiro atoms. The van der Waals surface area contributed by atoms with Crippen LogP contribution >= 0.6 is 11.8 Å². The van der Waals surface area contributed by atoms with Crippen molar-refractivity contribution < 1.29 is 9.53 Å². The van der Waals surface area contributed by atoms with E-state index in [1.165, 1.54) is 11.8 Å². The molecule has 0 aliphatic carbocycles. The summed E-state index contributed by atoms with van der Waals surface area (Å²) in [6, 6.07) is 9.78. The van der Waals surface area contributed by atoms with Gasteiger partial charge in [-0.25, -0.2) is 9.97 Å². The number of nitrogens with one attached hydrogen (secondary N) is 1. The fourth-order valence-electron chi connectivity index (χ4n) is 2.18. The maximum Gasteiger partial charge on any atom is 0.230 e. The summed E-state index contributed by atoms with van der Waals surface area (Å²) in [6.07, 6.45) is 2.29. The summed E-state index contributed by atoms with van der Waals surface area (Å²) < 4.78 is 5.31. The van der Waals surface area contributed by atoms with Crippen molar-refractivity contribution in [1.29, 1.82) is 0 Å². The number of aromatic nitrogens is 2. The Balaban J connectivity index is 1.76. The Morgan fingerprint density at radius 3 is 2.83 bits per heavy atom. The van der Waals surface area contributed by atoms with Crippen LogP contribution in [0.2, 0.25) is 0 Å². The standard InChI is InChI=1S/C18H23N3O2S/c1-13(2)15-10-18(21-12-20-15)24-11-17(22)19-9-8-14-6-4-5-7-16(14)23-3/h4-7,10,12-13H,8-9,11H2,1-3H3,(H,19,22). The SMILES string of the molecule is COc1ccccc1CCNC(=O)CSc1cc(C(C)C)ncn1. The molecule has 2 aromatic rings. The van der Waals surface area contributed by atoms with E-state index in [2.05, 4.69) is 29.1 Å². The summed E-state index contributed by atoms with van der Waals surface area (Å²) in [5.41, 5.74) is 2.08. The second-order valence-corrected chi connectivity index (χ2v) is 6.63. The van der Waals surface area contributed by atoms with Crippen molar-refractivity contribution in [3.8, 4) is 5.75 Å². The first-order chi connectivity index (χ1) is 11.6. The van der Waals surface area contributed by atoms with E-state index in [4.69, 9.17) is 4.74 Å². The van der Waals surface area contributed by atoms with E-state index in [0.717, 1.165) is 28.5 Å². The number of carbonyl (C=O) groups is 1. The lowest BCUT2D eigenvalue weighted by atomic mass is 10.1. The average Bonchev–Trinajstić information content (AvgIpc) is 2.60. The van der Waals surface area contributed by atoms with Crippen LogP contribution in [0.4, 0.5) is 0 Å². The molecule has 0 saturated carbocycles. The van der Waals surface area contributed by atoms with E-state index in [0.29, 0.717) is 18.2 Å². The van der Waals surface area contributed by atoms with E-state index in [-0.39, 0.29) is 5.91 Å². The van der Waals surface area contributed by atoms with Crippen LogP contribution in [-0.2, 0) is 11.2 Å². The van der Waals surface area contributed by atoms with Gasteiger partial charge in [-0.1, -0.05) is 43.8 Å². The Kier molecular flexibility index (Phi) is 7.06. The zero-order valence-electron chi connectivity index (χ0n) is 14.3. The number of carbonyl (C=O) groups excluding carboxylic acids is 1. The molecule has 5 nitrogen and oxygen atoms in total. The number of methoxy groups -OCH3 is 1. The molecule has 128 valence electrons. The Hall–Kier alpha value is -2.08. The van der Waals surface area contributed by atoms with Crippen LogP contribution < -0.4 is 10.1 Å². The Labute approximate surface area is 147 Å². The third kappa shape index (κ3) is 5.53. The monoisotopic (exact) mass is 345 g/mol. The van der Waals surface area contributed by atoms with Gasteiger partial charge in [0.05, 0.1) is 12.9 Å². The molecule has 0 unspecified atom stereocenters. The van der Waals surface area contributed by atoms with Crippen LogP contribution in [-0.4, -0.2) is 35.3 Å². The molecule has 1 aromatic carbocycles. The highest BCUT2D eigenvalue weighted by molar-refractivity contribution is 7.99. The van der Waals surface area contributed by atoms with Crippen molar-refractivity contribution in [3.63, 3.8) is 0 Å². The van der Waals surface area contributed by atoms with E-state index in [1.54, 1.807) is 13.4 Å². The van der Waals surface area contributed by atoms with Gasteiger partial charge < -0.3 is 10.1 Å². The van der Waals surface area contributed by atoms with Crippen LogP contribution in [0, 0.1) is 0 Å². The van der Waals surface area contributed by atoms with Gasteiger partial charge in [0.1, 0.15) is 17.1 Å². The molecule has 1 N–H and O–H groups in total. The van der Waals surface area contributed by atoms with Gasteiger partial charge in [0.15, 0.2) is 0 Å². The molecule has 2 rings (SSSR count). The van der Waals surface area contributed by atoms with Gasteiger partial charge in [0.25, 0.3) is 0 Å². The molecular weight excluding hydrogens is 322 g/mol. The van der Waals surface area contributed by atoms with Crippen molar-refractivity contribution in [1.82, 2.24) is 15.3 Å². The van der Waals surface area contributed by atoms with Crippen molar-refractivity contribution in [2.45, 2.75) is 31.2 Å². The molecule has 0 saturated heterocycles. The van der Waals surface area contributed by atoms with Crippen molar-refractivity contribution in [3.05, 3.63) is 47.9 Å². The second kappa shape index (κ2) is 9.27. The molecule has 1 amide bonds. The number of rotatable bonds is 8. The number of benzene rings is 1. The molecule has 0 bridgehead atoms. The number of para-hydroxylation sites is 1. The zero-order chi connectivity index (χ0) is 17.4. The minimum Gasteiger partial charge on any atom is -0.496 e. The summed E-state index contributed by atoms with van der Waals surface area (Å²) in [5.74, 6) is 1.55. The van der Waals surface area contributed by atoms with Crippen LogP contribution in [0.25, 0.3) is 0 Å². The third-order valence-electron chi connectivity index (χ3n) is 3.51. The summed E-state index contributed by atoms with van der Waals surface area (Å²) in [4.78, 5) is 20.4. The highest BCUT2D eigenvalue weighted by Gasteiger charge is 2.07. The first kappa shape index (κ1) is 18.3. The summed E-state index contributed by atoms with van der Waals surface area (Å²) in [5, 5.41) is 3.76. The molecular formula is C18H23N3O2S. The quantitative estimate of drug-likeness (QED) is 0.588. The Morgan fingerprint density at radius 2 is 2.08 bits per heavy atom. The number of thioether (sulfide) groups is 1.